The van der Waals surface area contributed by atoms with Crippen molar-refractivity contribution < 1.29 is 9.53 Å². The number of halogens is 1. The lowest BCUT2D eigenvalue weighted by molar-refractivity contribution is -0.156. The van der Waals surface area contributed by atoms with Crippen LogP contribution in [0.25, 0.3) is 10.9 Å². The number of aromatic nitrogens is 1. The molecule has 0 N–H and O–H groups in total. The normalized spacial score (nSPS) is 25.4. The number of para-hydroxylation sites is 1. The van der Waals surface area contributed by atoms with Crippen molar-refractivity contribution in [1.29, 1.82) is 0 Å². The zero-order valence-corrected chi connectivity index (χ0v) is 18.7. The first-order chi connectivity index (χ1) is 15.6. The topological polar surface area (TPSA) is 42.4 Å². The molecule has 3 saturated heterocycles. The van der Waals surface area contributed by atoms with Crippen molar-refractivity contribution in [2.24, 2.45) is 11.8 Å². The van der Waals surface area contributed by atoms with Crippen LogP contribution in [0.1, 0.15) is 30.1 Å². The van der Waals surface area contributed by atoms with Crippen molar-refractivity contribution in [3.05, 3.63) is 89.6 Å². The Morgan fingerprint density at radius 2 is 2.03 bits per heavy atom. The van der Waals surface area contributed by atoms with Gasteiger partial charge in [-0.05, 0) is 55.0 Å². The molecule has 0 aliphatic carbocycles. The molecule has 3 aliphatic heterocycles. The molecule has 2 aromatic carbocycles. The maximum atomic E-state index is 13.1. The Balaban J connectivity index is 1.49. The Morgan fingerprint density at radius 1 is 1.22 bits per heavy atom. The predicted octanol–water partition coefficient (Wildman–Crippen LogP) is 5.61. The fourth-order valence-corrected chi connectivity index (χ4v) is 5.59. The minimum atomic E-state index is -0.355. The van der Waals surface area contributed by atoms with Crippen molar-refractivity contribution in [1.82, 2.24) is 9.88 Å². The van der Waals surface area contributed by atoms with Crippen LogP contribution in [0, 0.1) is 11.8 Å². The molecule has 1 aromatic heterocycles. The SMILES string of the molecule is C=C[C@H]1CN2CC[C@H]1C[C@H]2[C@H](OC(=O)Cc1ccccc1Cl)c1ccnc2ccccc12. The summed E-state index contributed by atoms with van der Waals surface area (Å²) in [5.74, 6) is 0.834. The minimum absolute atomic E-state index is 0.144. The molecule has 5 atom stereocenters. The van der Waals surface area contributed by atoms with Gasteiger partial charge >= 0.3 is 5.97 Å². The zero-order valence-electron chi connectivity index (χ0n) is 18.0. The van der Waals surface area contributed by atoms with Gasteiger partial charge in [-0.2, -0.15) is 0 Å². The van der Waals surface area contributed by atoms with E-state index in [4.69, 9.17) is 16.3 Å². The number of ether oxygens (including phenoxy) is 1. The summed E-state index contributed by atoms with van der Waals surface area (Å²) in [6.07, 6.45) is 5.88. The number of nitrogens with zero attached hydrogens (tertiary/aromatic N) is 2. The van der Waals surface area contributed by atoms with E-state index in [1.165, 1.54) is 6.42 Å². The summed E-state index contributed by atoms with van der Waals surface area (Å²) in [6.45, 7) is 6.04. The van der Waals surface area contributed by atoms with Crippen LogP contribution < -0.4 is 0 Å². The van der Waals surface area contributed by atoms with E-state index in [0.717, 1.165) is 41.5 Å². The Labute approximate surface area is 193 Å². The van der Waals surface area contributed by atoms with Crippen molar-refractivity contribution in [3.63, 3.8) is 0 Å². The molecule has 0 amide bonds. The summed E-state index contributed by atoms with van der Waals surface area (Å²) in [7, 11) is 0. The van der Waals surface area contributed by atoms with Gasteiger partial charge in [0.25, 0.3) is 0 Å². The summed E-state index contributed by atoms with van der Waals surface area (Å²) in [5, 5.41) is 1.62. The van der Waals surface area contributed by atoms with Crippen LogP contribution in [0.2, 0.25) is 5.02 Å². The van der Waals surface area contributed by atoms with Crippen LogP contribution >= 0.6 is 11.6 Å². The summed E-state index contributed by atoms with van der Waals surface area (Å²) in [6, 6.07) is 17.7. The molecule has 32 heavy (non-hydrogen) atoms. The number of carbonyl (C=O) groups excluding carboxylic acids is 1. The largest absolute Gasteiger partial charge is 0.456 e. The fourth-order valence-electron chi connectivity index (χ4n) is 5.39. The highest BCUT2D eigenvalue weighted by molar-refractivity contribution is 6.31. The van der Waals surface area contributed by atoms with Crippen molar-refractivity contribution in [3.8, 4) is 0 Å². The Hall–Kier alpha value is -2.69. The molecule has 5 heteroatoms. The number of hydrogen-bond acceptors (Lipinski definition) is 4. The van der Waals surface area contributed by atoms with Crippen LogP contribution in [0.15, 0.2) is 73.4 Å². The first-order valence-corrected chi connectivity index (χ1v) is 11.6. The summed E-state index contributed by atoms with van der Waals surface area (Å²) in [5.41, 5.74) is 2.72. The van der Waals surface area contributed by atoms with E-state index < -0.39 is 0 Å². The van der Waals surface area contributed by atoms with E-state index in [-0.39, 0.29) is 24.5 Å². The number of esters is 1. The standard InChI is InChI=1S/C27H27ClN2O2/c1-2-18-17-30-14-12-19(18)15-25(30)27(22-11-13-29-24-10-6-4-8-21(22)24)32-26(31)16-20-7-3-5-9-23(20)28/h2-11,13,18-19,25,27H,1,12,14-17H2/t18-,19-,25-,27+/m0/s1. The molecule has 4 heterocycles. The number of benzene rings is 2. The minimum Gasteiger partial charge on any atom is -0.456 e. The smallest absolute Gasteiger partial charge is 0.310 e. The van der Waals surface area contributed by atoms with E-state index in [9.17, 15) is 4.79 Å². The maximum absolute atomic E-state index is 13.1. The van der Waals surface area contributed by atoms with Gasteiger partial charge in [-0.25, -0.2) is 0 Å². The molecule has 2 bridgehead atoms. The molecule has 164 valence electrons. The lowest BCUT2D eigenvalue weighted by atomic mass is 9.73. The first kappa shape index (κ1) is 21.2. The van der Waals surface area contributed by atoms with E-state index in [1.807, 2.05) is 48.7 Å². The second-order valence-electron chi connectivity index (χ2n) is 8.84. The fraction of sp³-hybridized carbons (Fsp3) is 0.333. The number of carbonyl (C=O) groups is 1. The number of piperidine rings is 3. The van der Waals surface area contributed by atoms with E-state index in [1.54, 1.807) is 6.07 Å². The van der Waals surface area contributed by atoms with Crippen LogP contribution in [0.4, 0.5) is 0 Å². The molecule has 3 aliphatic rings. The highest BCUT2D eigenvalue weighted by atomic mass is 35.5. The van der Waals surface area contributed by atoms with Crippen molar-refractivity contribution in [2.75, 3.05) is 13.1 Å². The molecular weight excluding hydrogens is 420 g/mol. The second kappa shape index (κ2) is 9.05. The highest BCUT2D eigenvalue weighted by Crippen LogP contribution is 2.43. The van der Waals surface area contributed by atoms with Crippen LogP contribution in [-0.2, 0) is 16.0 Å². The molecule has 4 nitrogen and oxygen atoms in total. The Kier molecular flexibility index (Phi) is 5.99. The third kappa shape index (κ3) is 4.05. The number of rotatable bonds is 6. The highest BCUT2D eigenvalue weighted by Gasteiger charge is 2.44. The van der Waals surface area contributed by atoms with Gasteiger partial charge in [0, 0.05) is 28.7 Å². The van der Waals surface area contributed by atoms with Gasteiger partial charge in [0.05, 0.1) is 18.0 Å². The zero-order chi connectivity index (χ0) is 22.1. The molecule has 3 aromatic rings. The maximum Gasteiger partial charge on any atom is 0.310 e. The lowest BCUT2D eigenvalue weighted by Gasteiger charge is -2.51. The molecule has 1 unspecified atom stereocenters. The van der Waals surface area contributed by atoms with Gasteiger partial charge in [-0.3, -0.25) is 14.7 Å². The second-order valence-corrected chi connectivity index (χ2v) is 9.25. The Morgan fingerprint density at radius 3 is 2.81 bits per heavy atom. The predicted molar refractivity (Wildman–Crippen MR) is 128 cm³/mol. The summed E-state index contributed by atoms with van der Waals surface area (Å²) in [4.78, 5) is 20.1. The van der Waals surface area contributed by atoms with Crippen LogP contribution in [0.5, 0.6) is 0 Å². The molecule has 3 fully saturated rings. The van der Waals surface area contributed by atoms with E-state index >= 15 is 0 Å². The quantitative estimate of drug-likeness (QED) is 0.364. The summed E-state index contributed by atoms with van der Waals surface area (Å²) < 4.78 is 6.27. The molecule has 6 rings (SSSR count). The molecular formula is C27H27ClN2O2. The van der Waals surface area contributed by atoms with Gasteiger partial charge in [0.15, 0.2) is 0 Å². The average molecular weight is 447 g/mol. The van der Waals surface area contributed by atoms with Gasteiger partial charge in [-0.15, -0.1) is 6.58 Å². The molecule has 0 radical (unpaired) electrons. The average Bonchev–Trinajstić information content (AvgIpc) is 2.84. The lowest BCUT2D eigenvalue weighted by Crippen LogP contribution is -2.55. The van der Waals surface area contributed by atoms with Crippen LogP contribution in [0.3, 0.4) is 0 Å². The van der Waals surface area contributed by atoms with Crippen molar-refractivity contribution >= 4 is 28.5 Å². The van der Waals surface area contributed by atoms with Crippen LogP contribution in [-0.4, -0.2) is 35.0 Å². The Bertz CT molecular complexity index is 1140. The third-order valence-corrected chi connectivity index (χ3v) is 7.41. The first-order valence-electron chi connectivity index (χ1n) is 11.3. The number of fused-ring (bicyclic) bond motifs is 4. The van der Waals surface area contributed by atoms with Crippen molar-refractivity contribution in [2.45, 2.75) is 31.4 Å². The monoisotopic (exact) mass is 446 g/mol. The van der Waals surface area contributed by atoms with E-state index in [2.05, 4.69) is 28.6 Å². The number of pyridine rings is 1. The third-order valence-electron chi connectivity index (χ3n) is 7.04. The summed E-state index contributed by atoms with van der Waals surface area (Å²) >= 11 is 6.30. The van der Waals surface area contributed by atoms with E-state index in [0.29, 0.717) is 16.9 Å². The van der Waals surface area contributed by atoms with Gasteiger partial charge in [-0.1, -0.05) is 54.1 Å². The van der Waals surface area contributed by atoms with Gasteiger partial charge in [0.2, 0.25) is 0 Å². The molecule has 0 spiro atoms. The van der Waals surface area contributed by atoms with Gasteiger partial charge < -0.3 is 4.74 Å². The molecule has 0 saturated carbocycles. The van der Waals surface area contributed by atoms with Gasteiger partial charge in [0.1, 0.15) is 6.10 Å². The number of hydrogen-bond donors (Lipinski definition) is 0.